The number of carboxylic acids is 1. The molecule has 2 aliphatic heterocycles. The summed E-state index contributed by atoms with van der Waals surface area (Å²) < 4.78 is 7.49. The molecule has 0 spiro atoms. The van der Waals surface area contributed by atoms with Gasteiger partial charge in [0, 0.05) is 38.4 Å². The summed E-state index contributed by atoms with van der Waals surface area (Å²) in [5.74, 6) is -2.70. The molecule has 1 unspecified atom stereocenters. The molecule has 4 bridgehead atoms. The van der Waals surface area contributed by atoms with Crippen LogP contribution in [-0.4, -0.2) is 117 Å². The van der Waals surface area contributed by atoms with Crippen LogP contribution in [0.3, 0.4) is 0 Å². The number of ether oxygens (including phenoxy) is 1. The summed E-state index contributed by atoms with van der Waals surface area (Å²) in [5.41, 5.74) is 2.57. The molecule has 6 atom stereocenters. The fraction of sp³-hybridized carbons (Fsp3) is 0.432. The number of phenols is 1. The standard InChI is InChI=1S/C44H57N9O9/c1-28(45-2)40(56)47-35-10-6-7-21-46-39(55)20-15-32-27-53(52-51-32)22-23-62-34-18-13-31(14-19-34)26-38(44(60)61)50-43(59)36(24-29-8-4-3-5-9-29)49-42(58)37(48-41(35)57)25-30-11-16-33(54)17-12-30/h3-5,8-9,11-14,16-19,27-28,35-38,41,45,48,54,57H,6-7,10,15,20-26H2,1-2H3,(H,46,55)(H,47,56)(H,49,58)(H,50,59)(H,60,61)/t28-,35-,36-,37-,38+,41?/m0/s1. The van der Waals surface area contributed by atoms with E-state index in [1.165, 1.54) is 12.1 Å². The van der Waals surface area contributed by atoms with Crippen molar-refractivity contribution >= 4 is 29.6 Å². The molecule has 4 aromatic rings. The molecular formula is C44H57N9O9. The van der Waals surface area contributed by atoms with Crippen LogP contribution in [0, 0.1) is 0 Å². The maximum Gasteiger partial charge on any atom is 0.326 e. The number of carbonyl (C=O) groups is 5. The van der Waals surface area contributed by atoms with Gasteiger partial charge in [0.2, 0.25) is 23.6 Å². The van der Waals surface area contributed by atoms with Crippen LogP contribution in [0.1, 0.15) is 55.0 Å². The highest BCUT2D eigenvalue weighted by Crippen LogP contribution is 2.16. The minimum Gasteiger partial charge on any atom is -0.508 e. The van der Waals surface area contributed by atoms with E-state index in [0.29, 0.717) is 60.5 Å². The largest absolute Gasteiger partial charge is 0.508 e. The highest BCUT2D eigenvalue weighted by atomic mass is 16.5. The minimum absolute atomic E-state index is 0.00374. The predicted molar refractivity (Wildman–Crippen MR) is 228 cm³/mol. The molecule has 18 nitrogen and oxygen atoms in total. The number of carbonyl (C=O) groups excluding carboxylic acids is 4. The number of aryl methyl sites for hydroxylation is 1. The van der Waals surface area contributed by atoms with E-state index in [9.17, 15) is 39.3 Å². The van der Waals surface area contributed by atoms with Crippen molar-refractivity contribution in [1.82, 2.24) is 46.9 Å². The van der Waals surface area contributed by atoms with Crippen molar-refractivity contribution in [2.75, 3.05) is 20.2 Å². The number of hydrogen-bond donors (Lipinski definition) is 9. The van der Waals surface area contributed by atoms with Gasteiger partial charge in [-0.25, -0.2) is 9.48 Å². The van der Waals surface area contributed by atoms with Gasteiger partial charge in [0.1, 0.15) is 36.4 Å². The number of nitrogens with zero attached hydrogens (tertiary/aromatic N) is 3. The molecule has 0 radical (unpaired) electrons. The van der Waals surface area contributed by atoms with Gasteiger partial charge in [-0.1, -0.05) is 59.8 Å². The summed E-state index contributed by atoms with van der Waals surface area (Å²) in [7, 11) is 1.63. The van der Waals surface area contributed by atoms with Gasteiger partial charge in [-0.3, -0.25) is 24.5 Å². The molecule has 3 heterocycles. The summed E-state index contributed by atoms with van der Waals surface area (Å²) in [5, 5.41) is 57.2. The van der Waals surface area contributed by atoms with Gasteiger partial charge in [0.15, 0.2) is 0 Å². The van der Waals surface area contributed by atoms with Crippen LogP contribution in [0.15, 0.2) is 85.1 Å². The number of aliphatic carboxylic acids is 1. The molecule has 6 rings (SSSR count). The number of hydrogen-bond acceptors (Lipinski definition) is 12. The lowest BCUT2D eigenvalue weighted by atomic mass is 10.0. The maximum absolute atomic E-state index is 14.4. The number of aliphatic hydroxyl groups is 1. The van der Waals surface area contributed by atoms with Crippen LogP contribution in [0.25, 0.3) is 0 Å². The van der Waals surface area contributed by atoms with Gasteiger partial charge in [-0.15, -0.1) is 5.10 Å². The first-order chi connectivity index (χ1) is 29.9. The van der Waals surface area contributed by atoms with Crippen molar-refractivity contribution in [1.29, 1.82) is 0 Å². The average Bonchev–Trinajstić information content (AvgIpc) is 3.72. The first-order valence-electron chi connectivity index (χ1n) is 20.8. The zero-order valence-electron chi connectivity index (χ0n) is 35.0. The third kappa shape index (κ3) is 15.0. The number of aliphatic hydroxyl groups excluding tert-OH is 1. The number of nitrogens with one attached hydrogen (secondary N) is 6. The molecule has 18 heteroatoms. The van der Waals surface area contributed by atoms with Crippen molar-refractivity contribution in [3.8, 4) is 11.5 Å². The molecule has 0 fully saturated rings. The van der Waals surface area contributed by atoms with Crippen molar-refractivity contribution in [3.63, 3.8) is 0 Å². The van der Waals surface area contributed by atoms with Gasteiger partial charge in [0.05, 0.1) is 30.4 Å². The van der Waals surface area contributed by atoms with E-state index in [-0.39, 0.29) is 56.3 Å². The number of rotatable bonds is 8. The number of amides is 4. The fourth-order valence-corrected chi connectivity index (χ4v) is 6.79. The Morgan fingerprint density at radius 1 is 0.903 bits per heavy atom. The summed E-state index contributed by atoms with van der Waals surface area (Å²) in [6.07, 6.45) is 2.08. The second-order valence-corrected chi connectivity index (χ2v) is 15.3. The van der Waals surface area contributed by atoms with E-state index in [0.717, 1.165) is 0 Å². The van der Waals surface area contributed by atoms with Gasteiger partial charge in [-0.2, -0.15) is 0 Å². The van der Waals surface area contributed by atoms with Crippen LogP contribution in [0.2, 0.25) is 0 Å². The Kier molecular flexibility index (Phi) is 17.8. The SMILES string of the molecule is CN[C@@H](C)C(=O)N[C@H]1CCCCNC(=O)CCc2cn(nn2)CCOc2ccc(cc2)C[C@H](C(=O)O)NC(=O)[C@H](Cc2ccccc2)NC(=O)[C@H](Cc2ccc(O)cc2)NC1O. The second kappa shape index (κ2) is 23.6. The zero-order chi connectivity index (χ0) is 44.4. The molecule has 9 N–H and O–H groups in total. The summed E-state index contributed by atoms with van der Waals surface area (Å²) >= 11 is 0. The Morgan fingerprint density at radius 3 is 2.31 bits per heavy atom. The molecule has 4 amide bonds. The van der Waals surface area contributed by atoms with Crippen molar-refractivity contribution in [3.05, 3.63) is 107 Å². The molecule has 0 saturated heterocycles. The third-order valence-corrected chi connectivity index (χ3v) is 10.5. The Balaban J connectivity index is 1.43. The average molecular weight is 856 g/mol. The number of likely N-dealkylation sites (N-methyl/N-ethyl adjacent to an activating group) is 1. The summed E-state index contributed by atoms with van der Waals surface area (Å²) in [6, 6.07) is 16.6. The number of aromatic nitrogens is 3. The molecule has 3 aromatic carbocycles. The van der Waals surface area contributed by atoms with Crippen LogP contribution in [-0.2, 0) is 56.2 Å². The van der Waals surface area contributed by atoms with E-state index < -0.39 is 54.2 Å². The third-order valence-electron chi connectivity index (χ3n) is 10.5. The van der Waals surface area contributed by atoms with Gasteiger partial charge in [0.25, 0.3) is 0 Å². The Morgan fingerprint density at radius 2 is 1.60 bits per heavy atom. The Bertz CT molecular complexity index is 2070. The second-order valence-electron chi connectivity index (χ2n) is 15.3. The summed E-state index contributed by atoms with van der Waals surface area (Å²) in [6.45, 7) is 2.68. The predicted octanol–water partition coefficient (Wildman–Crippen LogP) is 0.747. The van der Waals surface area contributed by atoms with Gasteiger partial charge < -0.3 is 46.6 Å². The highest BCUT2D eigenvalue weighted by Gasteiger charge is 2.32. The van der Waals surface area contributed by atoms with Crippen LogP contribution in [0.5, 0.6) is 11.5 Å². The molecule has 62 heavy (non-hydrogen) atoms. The lowest BCUT2D eigenvalue weighted by Crippen LogP contribution is -2.60. The van der Waals surface area contributed by atoms with Gasteiger partial charge >= 0.3 is 5.97 Å². The number of carboxylic acid groups (broad SMARTS) is 1. The van der Waals surface area contributed by atoms with E-state index in [1.807, 2.05) is 0 Å². The number of phenolic OH excluding ortho intramolecular Hbond substituents is 1. The van der Waals surface area contributed by atoms with Gasteiger partial charge in [-0.05, 0) is 80.6 Å². The smallest absolute Gasteiger partial charge is 0.326 e. The highest BCUT2D eigenvalue weighted by molar-refractivity contribution is 5.92. The topological polar surface area (TPSA) is 258 Å². The fourth-order valence-electron chi connectivity index (χ4n) is 6.79. The quantitative estimate of drug-likeness (QED) is 0.111. The molecule has 1 aromatic heterocycles. The minimum atomic E-state index is -1.47. The summed E-state index contributed by atoms with van der Waals surface area (Å²) in [4.78, 5) is 66.8. The molecule has 0 saturated carbocycles. The number of fused-ring (bicyclic) bond motifs is 22. The van der Waals surface area contributed by atoms with E-state index in [2.05, 4.69) is 42.2 Å². The molecular weight excluding hydrogens is 799 g/mol. The molecule has 332 valence electrons. The van der Waals surface area contributed by atoms with E-state index >= 15 is 0 Å². The first-order valence-corrected chi connectivity index (χ1v) is 20.8. The Labute approximate surface area is 360 Å². The Hall–Kier alpha value is -6.37. The first kappa shape index (κ1) is 46.7. The zero-order valence-corrected chi connectivity index (χ0v) is 35.0. The monoisotopic (exact) mass is 855 g/mol. The lowest BCUT2D eigenvalue weighted by molar-refractivity contribution is -0.142. The normalized spacial score (nSPS) is 22.0. The number of aromatic hydroxyl groups is 1. The van der Waals surface area contributed by atoms with Crippen LogP contribution in [0.4, 0.5) is 0 Å². The molecule has 2 aliphatic rings. The molecule has 0 aliphatic carbocycles. The van der Waals surface area contributed by atoms with E-state index in [4.69, 9.17) is 4.74 Å². The van der Waals surface area contributed by atoms with Crippen molar-refractivity contribution in [2.45, 2.75) is 101 Å². The van der Waals surface area contributed by atoms with E-state index in [1.54, 1.807) is 91.6 Å². The van der Waals surface area contributed by atoms with Crippen LogP contribution >= 0.6 is 0 Å². The number of benzene rings is 3. The van der Waals surface area contributed by atoms with Crippen molar-refractivity contribution in [2.24, 2.45) is 0 Å². The van der Waals surface area contributed by atoms with Crippen LogP contribution < -0.4 is 36.6 Å². The lowest BCUT2D eigenvalue weighted by Gasteiger charge is -2.30. The van der Waals surface area contributed by atoms with Crippen molar-refractivity contribution < 1.29 is 44.0 Å². The maximum atomic E-state index is 14.4.